The number of aliphatic hydroxyl groups excluding tert-OH is 2. The highest BCUT2D eigenvalue weighted by Crippen LogP contribution is 2.43. The number of hydrogen-bond acceptors (Lipinski definition) is 7. The minimum absolute atomic E-state index is 0.121. The summed E-state index contributed by atoms with van der Waals surface area (Å²) in [5.41, 5.74) is 1.91. The molecule has 1 aliphatic carbocycles. The molecule has 2 N–H and O–H groups in total. The number of halogens is 1. The normalized spacial score (nSPS) is 30.8. The standard InChI is InChI=1S/C20H21FN2O6/c21-13-8-14-11(5-12(13)10-1-2-16(24)17(25)7-10)6-15-18(29-20(26)23(14)15)9-27-19-3-4-28-22-19/h3-5,8,10,15-18,24-25H,1-2,6-7,9H2/t10?,15-,16?,17?,18?/m0/s1. The van der Waals surface area contributed by atoms with Crippen LogP contribution in [-0.2, 0) is 11.2 Å². The Morgan fingerprint density at radius 1 is 1.28 bits per heavy atom. The molecule has 5 atom stereocenters. The molecule has 2 aliphatic heterocycles. The Labute approximate surface area is 165 Å². The lowest BCUT2D eigenvalue weighted by Gasteiger charge is -2.30. The number of ether oxygens (including phenoxy) is 2. The number of aliphatic hydroxyl groups is 2. The van der Waals surface area contributed by atoms with E-state index < -0.39 is 30.2 Å². The minimum atomic E-state index is -0.849. The second-order valence-electron chi connectivity index (χ2n) is 7.86. The Kier molecular flexibility index (Phi) is 4.44. The fourth-order valence-corrected chi connectivity index (χ4v) is 4.62. The number of cyclic esters (lactones) is 1. The molecule has 1 aromatic heterocycles. The van der Waals surface area contributed by atoms with Crippen molar-refractivity contribution >= 4 is 11.8 Å². The summed E-state index contributed by atoms with van der Waals surface area (Å²) in [4.78, 5) is 13.9. The molecule has 9 heteroatoms. The molecule has 1 saturated carbocycles. The summed E-state index contributed by atoms with van der Waals surface area (Å²) in [7, 11) is 0. The quantitative estimate of drug-likeness (QED) is 0.804. The number of aromatic nitrogens is 1. The van der Waals surface area contributed by atoms with Crippen molar-refractivity contribution in [2.75, 3.05) is 11.5 Å². The largest absolute Gasteiger partial charge is 0.471 e. The molecule has 0 radical (unpaired) electrons. The summed E-state index contributed by atoms with van der Waals surface area (Å²) in [5.74, 6) is -0.262. The van der Waals surface area contributed by atoms with Crippen LogP contribution in [0.5, 0.6) is 5.88 Å². The van der Waals surface area contributed by atoms with E-state index in [0.29, 0.717) is 42.8 Å². The van der Waals surface area contributed by atoms with E-state index in [1.165, 1.54) is 17.2 Å². The third-order valence-electron chi connectivity index (χ3n) is 6.13. The zero-order valence-corrected chi connectivity index (χ0v) is 15.5. The molecule has 5 rings (SSSR count). The predicted octanol–water partition coefficient (Wildman–Crippen LogP) is 2.13. The van der Waals surface area contributed by atoms with Crippen LogP contribution in [0.15, 0.2) is 29.0 Å². The fraction of sp³-hybridized carbons (Fsp3) is 0.500. The van der Waals surface area contributed by atoms with Gasteiger partial charge in [0.25, 0.3) is 5.88 Å². The highest BCUT2D eigenvalue weighted by Gasteiger charge is 2.48. The monoisotopic (exact) mass is 404 g/mol. The fourth-order valence-electron chi connectivity index (χ4n) is 4.62. The van der Waals surface area contributed by atoms with Crippen molar-refractivity contribution in [1.82, 2.24) is 5.16 Å². The first kappa shape index (κ1) is 18.4. The number of rotatable bonds is 4. The van der Waals surface area contributed by atoms with E-state index in [9.17, 15) is 19.4 Å². The lowest BCUT2D eigenvalue weighted by molar-refractivity contribution is -0.0152. The van der Waals surface area contributed by atoms with Crippen molar-refractivity contribution in [3.05, 3.63) is 41.4 Å². The van der Waals surface area contributed by atoms with Gasteiger partial charge >= 0.3 is 6.09 Å². The van der Waals surface area contributed by atoms with Gasteiger partial charge in [0.2, 0.25) is 0 Å². The molecule has 1 aromatic carbocycles. The maximum atomic E-state index is 14.9. The third kappa shape index (κ3) is 3.14. The molecule has 4 unspecified atom stereocenters. The molecular formula is C20H21FN2O6. The summed E-state index contributed by atoms with van der Waals surface area (Å²) >= 11 is 0. The molecule has 3 aliphatic rings. The second-order valence-corrected chi connectivity index (χ2v) is 7.86. The van der Waals surface area contributed by atoms with Gasteiger partial charge in [-0.15, -0.1) is 0 Å². The molecule has 1 amide bonds. The first-order valence-electron chi connectivity index (χ1n) is 9.72. The van der Waals surface area contributed by atoms with Crippen LogP contribution in [0, 0.1) is 5.82 Å². The number of benzene rings is 1. The summed E-state index contributed by atoms with van der Waals surface area (Å²) in [6, 6.07) is 4.46. The molecule has 1 saturated heterocycles. The first-order chi connectivity index (χ1) is 14.0. The van der Waals surface area contributed by atoms with Crippen LogP contribution >= 0.6 is 0 Å². The van der Waals surface area contributed by atoms with E-state index in [1.807, 2.05) is 0 Å². The smallest absolute Gasteiger partial charge is 0.415 e. The molecule has 0 spiro atoms. The van der Waals surface area contributed by atoms with Gasteiger partial charge in [-0.3, -0.25) is 4.90 Å². The van der Waals surface area contributed by atoms with Crippen molar-refractivity contribution < 1.29 is 33.4 Å². The van der Waals surface area contributed by atoms with E-state index in [0.717, 1.165) is 5.56 Å². The molecule has 2 fully saturated rings. The Balaban J connectivity index is 1.36. The first-order valence-corrected chi connectivity index (χ1v) is 9.72. The van der Waals surface area contributed by atoms with Crippen molar-refractivity contribution in [3.63, 3.8) is 0 Å². The molecule has 154 valence electrons. The van der Waals surface area contributed by atoms with E-state index >= 15 is 0 Å². The summed E-state index contributed by atoms with van der Waals surface area (Å²) in [5, 5.41) is 23.4. The van der Waals surface area contributed by atoms with Gasteiger partial charge in [-0.25, -0.2) is 9.18 Å². The molecule has 29 heavy (non-hydrogen) atoms. The van der Waals surface area contributed by atoms with E-state index in [-0.39, 0.29) is 18.6 Å². The van der Waals surface area contributed by atoms with Gasteiger partial charge in [-0.2, -0.15) is 0 Å². The Morgan fingerprint density at radius 2 is 2.14 bits per heavy atom. The number of anilines is 1. The van der Waals surface area contributed by atoms with Gasteiger partial charge in [0, 0.05) is 6.07 Å². The molecule has 8 nitrogen and oxygen atoms in total. The number of carbonyl (C=O) groups is 1. The highest BCUT2D eigenvalue weighted by molar-refractivity contribution is 5.93. The highest BCUT2D eigenvalue weighted by atomic mass is 19.1. The molecule has 0 bridgehead atoms. The average molecular weight is 404 g/mol. The average Bonchev–Trinajstić information content (AvgIpc) is 3.40. The lowest BCUT2D eigenvalue weighted by atomic mass is 9.80. The van der Waals surface area contributed by atoms with E-state index in [4.69, 9.17) is 14.0 Å². The summed E-state index contributed by atoms with van der Waals surface area (Å²) in [6.45, 7) is 0.121. The number of carbonyl (C=O) groups excluding carboxylic acids is 1. The molecule has 2 aromatic rings. The maximum Gasteiger partial charge on any atom is 0.415 e. The van der Waals surface area contributed by atoms with Gasteiger partial charge < -0.3 is 24.2 Å². The van der Waals surface area contributed by atoms with Crippen molar-refractivity contribution in [2.45, 2.75) is 56.0 Å². The second kappa shape index (κ2) is 7.00. The molecular weight excluding hydrogens is 383 g/mol. The number of nitrogens with zero attached hydrogens (tertiary/aromatic N) is 2. The van der Waals surface area contributed by atoms with Crippen LogP contribution in [0.4, 0.5) is 14.9 Å². The summed E-state index contributed by atoms with van der Waals surface area (Å²) < 4.78 is 30.6. The van der Waals surface area contributed by atoms with Gasteiger partial charge in [0.15, 0.2) is 6.10 Å². The maximum absolute atomic E-state index is 14.9. The number of fused-ring (bicyclic) bond motifs is 3. The zero-order valence-electron chi connectivity index (χ0n) is 15.5. The van der Waals surface area contributed by atoms with Crippen molar-refractivity contribution in [3.8, 4) is 5.88 Å². The summed E-state index contributed by atoms with van der Waals surface area (Å²) in [6.07, 6.45) is 0.642. The van der Waals surface area contributed by atoms with Crippen LogP contribution in [0.25, 0.3) is 0 Å². The zero-order chi connectivity index (χ0) is 20.1. The van der Waals surface area contributed by atoms with Crippen LogP contribution in [0.3, 0.4) is 0 Å². The van der Waals surface area contributed by atoms with Gasteiger partial charge in [0.1, 0.15) is 18.7 Å². The van der Waals surface area contributed by atoms with E-state index in [2.05, 4.69) is 5.16 Å². The van der Waals surface area contributed by atoms with Crippen molar-refractivity contribution in [2.24, 2.45) is 0 Å². The Morgan fingerprint density at radius 3 is 2.90 bits per heavy atom. The van der Waals surface area contributed by atoms with Gasteiger partial charge in [-0.1, -0.05) is 6.07 Å². The van der Waals surface area contributed by atoms with Gasteiger partial charge in [-0.05, 0) is 54.0 Å². The minimum Gasteiger partial charge on any atom is -0.471 e. The Bertz CT molecular complexity index is 920. The van der Waals surface area contributed by atoms with E-state index in [1.54, 1.807) is 12.1 Å². The number of hydrogen-bond donors (Lipinski definition) is 2. The van der Waals surface area contributed by atoms with Gasteiger partial charge in [0.05, 0.1) is 23.9 Å². The molecule has 3 heterocycles. The third-order valence-corrected chi connectivity index (χ3v) is 6.13. The predicted molar refractivity (Wildman–Crippen MR) is 97.2 cm³/mol. The van der Waals surface area contributed by atoms with Crippen LogP contribution < -0.4 is 9.64 Å². The van der Waals surface area contributed by atoms with Crippen LogP contribution in [0.1, 0.15) is 36.3 Å². The number of amides is 1. The van der Waals surface area contributed by atoms with Crippen LogP contribution in [-0.4, -0.2) is 52.4 Å². The Hall–Kier alpha value is -2.65. The lowest BCUT2D eigenvalue weighted by Crippen LogP contribution is -2.36. The van der Waals surface area contributed by atoms with Crippen LogP contribution in [0.2, 0.25) is 0 Å². The van der Waals surface area contributed by atoms with Crippen molar-refractivity contribution in [1.29, 1.82) is 0 Å². The topological polar surface area (TPSA) is 105 Å². The SMILES string of the molecule is O=C1OC(COc2ccon2)[C@@H]2Cc3cc(C4CCC(O)C(O)C4)c(F)cc3N12.